The maximum atomic E-state index is 9.11. The van der Waals surface area contributed by atoms with Crippen molar-refractivity contribution in [3.8, 4) is 0 Å². The molecule has 0 unspecified atom stereocenters. The maximum absolute atomic E-state index is 9.11. The third-order valence-corrected chi connectivity index (χ3v) is 2.11. The molecule has 4 N–H and O–H groups in total. The Hall–Kier alpha value is -1.29. The van der Waals surface area contributed by atoms with Crippen LogP contribution in [0, 0.1) is 5.92 Å². The van der Waals surface area contributed by atoms with Crippen molar-refractivity contribution in [1.29, 1.82) is 0 Å². The Labute approximate surface area is 84.2 Å². The number of nitrogen functional groups attached to an aromatic ring is 1. The van der Waals surface area contributed by atoms with E-state index in [2.05, 4.69) is 10.3 Å². The number of aliphatic hydroxyl groups is 1. The lowest BCUT2D eigenvalue weighted by Gasteiger charge is -2.20. The van der Waals surface area contributed by atoms with E-state index in [0.717, 1.165) is 0 Å². The smallest absolute Gasteiger partial charge is 0.128 e. The molecule has 0 fully saturated rings. The Balaban J connectivity index is 2.67. The summed E-state index contributed by atoms with van der Waals surface area (Å²) < 4.78 is 0. The van der Waals surface area contributed by atoms with Crippen molar-refractivity contribution in [3.63, 3.8) is 0 Å². The first kappa shape index (κ1) is 10.8. The summed E-state index contributed by atoms with van der Waals surface area (Å²) in [5.41, 5.74) is 5.54. The van der Waals surface area contributed by atoms with Gasteiger partial charge < -0.3 is 16.2 Å². The van der Waals surface area contributed by atoms with Crippen LogP contribution in [-0.4, -0.2) is 22.7 Å². The van der Waals surface area contributed by atoms with Crippen LogP contribution in [0.15, 0.2) is 18.2 Å². The van der Waals surface area contributed by atoms with Crippen LogP contribution in [0.5, 0.6) is 0 Å². The van der Waals surface area contributed by atoms with E-state index in [4.69, 9.17) is 10.8 Å². The average molecular weight is 195 g/mol. The summed E-state index contributed by atoms with van der Waals surface area (Å²) in [6.07, 6.45) is 0. The molecule has 4 nitrogen and oxygen atoms in total. The number of hydrogen-bond acceptors (Lipinski definition) is 4. The van der Waals surface area contributed by atoms with Crippen LogP contribution in [0.4, 0.5) is 11.6 Å². The minimum absolute atomic E-state index is 0.0179. The van der Waals surface area contributed by atoms with Gasteiger partial charge in [-0.3, -0.25) is 0 Å². The molecule has 0 aromatic carbocycles. The standard InChI is InChI=1S/C10H17N3O/c1-7(2)8(6-14)12-10-5-3-4-9(11)13-10/h3-5,7-8,14H,6H2,1-2H3,(H3,11,12,13)/t8-/m1/s1. The molecule has 0 saturated heterocycles. The van der Waals surface area contributed by atoms with E-state index in [1.54, 1.807) is 6.07 Å². The van der Waals surface area contributed by atoms with E-state index < -0.39 is 0 Å². The average Bonchev–Trinajstić information content (AvgIpc) is 2.14. The molecule has 0 saturated carbocycles. The quantitative estimate of drug-likeness (QED) is 0.672. The number of aliphatic hydroxyl groups excluding tert-OH is 1. The number of aromatic nitrogens is 1. The topological polar surface area (TPSA) is 71.2 Å². The molecule has 1 atom stereocenters. The molecule has 14 heavy (non-hydrogen) atoms. The lowest BCUT2D eigenvalue weighted by Crippen LogP contribution is -2.29. The Kier molecular flexibility index (Phi) is 3.71. The van der Waals surface area contributed by atoms with Crippen LogP contribution in [-0.2, 0) is 0 Å². The SMILES string of the molecule is CC(C)[C@@H](CO)Nc1cccc(N)n1. The van der Waals surface area contributed by atoms with Gasteiger partial charge in [-0.1, -0.05) is 19.9 Å². The van der Waals surface area contributed by atoms with Gasteiger partial charge in [0, 0.05) is 0 Å². The van der Waals surface area contributed by atoms with Crippen LogP contribution in [0.1, 0.15) is 13.8 Å². The minimum Gasteiger partial charge on any atom is -0.394 e. The van der Waals surface area contributed by atoms with Gasteiger partial charge in [0.1, 0.15) is 11.6 Å². The fourth-order valence-corrected chi connectivity index (χ4v) is 1.14. The second kappa shape index (κ2) is 4.81. The largest absolute Gasteiger partial charge is 0.394 e. The van der Waals surface area contributed by atoms with E-state index in [1.165, 1.54) is 0 Å². The normalized spacial score (nSPS) is 12.9. The van der Waals surface area contributed by atoms with Crippen LogP contribution < -0.4 is 11.1 Å². The van der Waals surface area contributed by atoms with Gasteiger partial charge in [0.05, 0.1) is 12.6 Å². The highest BCUT2D eigenvalue weighted by molar-refractivity contribution is 5.42. The van der Waals surface area contributed by atoms with E-state index in [-0.39, 0.29) is 12.6 Å². The van der Waals surface area contributed by atoms with Gasteiger partial charge in [0.25, 0.3) is 0 Å². The Bertz CT molecular complexity index is 288. The molecule has 1 rings (SSSR count). The van der Waals surface area contributed by atoms with E-state index in [9.17, 15) is 0 Å². The molecule has 78 valence electrons. The molecule has 1 heterocycles. The van der Waals surface area contributed by atoms with Crippen LogP contribution >= 0.6 is 0 Å². The molecule has 4 heteroatoms. The molecule has 0 aliphatic heterocycles. The number of nitrogens with one attached hydrogen (secondary N) is 1. The summed E-state index contributed by atoms with van der Waals surface area (Å²) in [5, 5.41) is 12.2. The number of nitrogens with two attached hydrogens (primary N) is 1. The van der Waals surface area contributed by atoms with Crippen molar-refractivity contribution < 1.29 is 5.11 Å². The first-order chi connectivity index (χ1) is 6.63. The molecule has 0 amide bonds. The molecule has 0 radical (unpaired) electrons. The summed E-state index contributed by atoms with van der Waals surface area (Å²) in [6, 6.07) is 5.42. The molecule has 1 aromatic rings. The highest BCUT2D eigenvalue weighted by Gasteiger charge is 2.11. The van der Waals surface area contributed by atoms with Crippen molar-refractivity contribution in [3.05, 3.63) is 18.2 Å². The van der Waals surface area contributed by atoms with Gasteiger partial charge in [0.15, 0.2) is 0 Å². The third-order valence-electron chi connectivity index (χ3n) is 2.11. The highest BCUT2D eigenvalue weighted by Crippen LogP contribution is 2.11. The summed E-state index contributed by atoms with van der Waals surface area (Å²) in [5.74, 6) is 1.54. The summed E-state index contributed by atoms with van der Waals surface area (Å²) in [6.45, 7) is 4.18. The van der Waals surface area contributed by atoms with Gasteiger partial charge >= 0.3 is 0 Å². The zero-order valence-electron chi connectivity index (χ0n) is 8.57. The Morgan fingerprint density at radius 2 is 2.21 bits per heavy atom. The summed E-state index contributed by atoms with van der Waals surface area (Å²) in [7, 11) is 0. The first-order valence-electron chi connectivity index (χ1n) is 4.73. The number of rotatable bonds is 4. The van der Waals surface area contributed by atoms with Gasteiger partial charge in [0.2, 0.25) is 0 Å². The zero-order chi connectivity index (χ0) is 10.6. The summed E-state index contributed by atoms with van der Waals surface area (Å²) >= 11 is 0. The van der Waals surface area contributed by atoms with Crippen LogP contribution in [0.2, 0.25) is 0 Å². The molecule has 0 bridgehead atoms. The monoisotopic (exact) mass is 195 g/mol. The van der Waals surface area contributed by atoms with Crippen molar-refractivity contribution in [2.45, 2.75) is 19.9 Å². The lowest BCUT2D eigenvalue weighted by atomic mass is 10.1. The molecule has 0 aliphatic rings. The van der Waals surface area contributed by atoms with Crippen molar-refractivity contribution in [2.24, 2.45) is 5.92 Å². The predicted molar refractivity (Wildman–Crippen MR) is 58.0 cm³/mol. The minimum atomic E-state index is 0.0179. The molecule has 0 spiro atoms. The Morgan fingerprint density at radius 1 is 1.50 bits per heavy atom. The van der Waals surface area contributed by atoms with Crippen molar-refractivity contribution in [1.82, 2.24) is 4.98 Å². The zero-order valence-corrected chi connectivity index (χ0v) is 8.57. The van der Waals surface area contributed by atoms with Crippen LogP contribution in [0.3, 0.4) is 0 Å². The second-order valence-corrected chi connectivity index (χ2v) is 3.63. The number of pyridine rings is 1. The maximum Gasteiger partial charge on any atom is 0.128 e. The van der Waals surface area contributed by atoms with Gasteiger partial charge in [-0.2, -0.15) is 0 Å². The third kappa shape index (κ3) is 2.88. The second-order valence-electron chi connectivity index (χ2n) is 3.63. The molecule has 0 aliphatic carbocycles. The lowest BCUT2D eigenvalue weighted by molar-refractivity contribution is 0.249. The van der Waals surface area contributed by atoms with Crippen molar-refractivity contribution in [2.75, 3.05) is 17.7 Å². The number of anilines is 2. The van der Waals surface area contributed by atoms with E-state index >= 15 is 0 Å². The van der Waals surface area contributed by atoms with E-state index in [0.29, 0.717) is 17.6 Å². The summed E-state index contributed by atoms with van der Waals surface area (Å²) in [4.78, 5) is 4.10. The van der Waals surface area contributed by atoms with Gasteiger partial charge in [-0.15, -0.1) is 0 Å². The molecule has 1 aromatic heterocycles. The highest BCUT2D eigenvalue weighted by atomic mass is 16.3. The fraction of sp³-hybridized carbons (Fsp3) is 0.500. The molecular formula is C10H17N3O. The number of hydrogen-bond donors (Lipinski definition) is 3. The van der Waals surface area contributed by atoms with Gasteiger partial charge in [-0.05, 0) is 18.1 Å². The first-order valence-corrected chi connectivity index (χ1v) is 4.73. The van der Waals surface area contributed by atoms with Crippen LogP contribution in [0.25, 0.3) is 0 Å². The fourth-order valence-electron chi connectivity index (χ4n) is 1.14. The number of nitrogens with zero attached hydrogens (tertiary/aromatic N) is 1. The molecular weight excluding hydrogens is 178 g/mol. The Morgan fingerprint density at radius 3 is 2.71 bits per heavy atom. The van der Waals surface area contributed by atoms with Gasteiger partial charge in [-0.25, -0.2) is 4.98 Å². The van der Waals surface area contributed by atoms with Crippen molar-refractivity contribution >= 4 is 11.6 Å². The predicted octanol–water partition coefficient (Wildman–Crippen LogP) is 1.09. The van der Waals surface area contributed by atoms with E-state index in [1.807, 2.05) is 26.0 Å².